The Balaban J connectivity index is 3.02. The molecule has 5 nitrogen and oxygen atoms in total. The minimum absolute atomic E-state index is 0.0588. The van der Waals surface area contributed by atoms with Gasteiger partial charge in [-0.3, -0.25) is 0 Å². The fraction of sp³-hybridized carbons (Fsp3) is 0.300. The van der Waals surface area contributed by atoms with E-state index in [-0.39, 0.29) is 16.5 Å². The van der Waals surface area contributed by atoms with Crippen molar-refractivity contribution in [1.82, 2.24) is 4.72 Å². The molecule has 0 fully saturated rings. The summed E-state index contributed by atoms with van der Waals surface area (Å²) in [5, 5.41) is 8.66. The summed E-state index contributed by atoms with van der Waals surface area (Å²) < 4.78 is 25.7. The van der Waals surface area contributed by atoms with Crippen molar-refractivity contribution in [2.24, 2.45) is 0 Å². The molecule has 0 saturated carbocycles. The van der Waals surface area contributed by atoms with Crippen LogP contribution in [0.25, 0.3) is 0 Å². The second-order valence-corrected chi connectivity index (χ2v) is 5.32. The summed E-state index contributed by atoms with van der Waals surface area (Å²) >= 11 is 0. The van der Waals surface area contributed by atoms with Crippen molar-refractivity contribution in [2.45, 2.75) is 24.8 Å². The molecule has 0 aliphatic rings. The van der Waals surface area contributed by atoms with Gasteiger partial charge in [0, 0.05) is 6.04 Å². The number of nitrogens with one attached hydrogen (secondary N) is 1. The lowest BCUT2D eigenvalue weighted by atomic mass is 10.2. The van der Waals surface area contributed by atoms with Gasteiger partial charge in [-0.25, -0.2) is 17.9 Å². The van der Waals surface area contributed by atoms with E-state index in [2.05, 4.69) is 4.72 Å². The first-order chi connectivity index (χ1) is 7.33. The van der Waals surface area contributed by atoms with Crippen molar-refractivity contribution in [1.29, 1.82) is 0 Å². The Hall–Kier alpha value is -1.40. The zero-order valence-electron chi connectivity index (χ0n) is 8.97. The standard InChI is InChI=1S/C10H13NO4S/c1-7(2)11-16(14,15)9-5-3-8(4-6-9)10(12)13/h3-7,11H,1-2H3,(H,12,13). The SMILES string of the molecule is CC(C)NS(=O)(=O)c1ccc(C(=O)O)cc1. The van der Waals surface area contributed by atoms with Gasteiger partial charge in [0.25, 0.3) is 0 Å². The first kappa shape index (κ1) is 12.7. The first-order valence-electron chi connectivity index (χ1n) is 4.68. The molecular weight excluding hydrogens is 230 g/mol. The smallest absolute Gasteiger partial charge is 0.335 e. The van der Waals surface area contributed by atoms with E-state index in [4.69, 9.17) is 5.11 Å². The van der Waals surface area contributed by atoms with Gasteiger partial charge >= 0.3 is 5.97 Å². The van der Waals surface area contributed by atoms with Crippen LogP contribution in [-0.4, -0.2) is 25.5 Å². The summed E-state index contributed by atoms with van der Waals surface area (Å²) in [4.78, 5) is 10.6. The molecule has 1 rings (SSSR count). The third-order valence-electron chi connectivity index (χ3n) is 1.80. The highest BCUT2D eigenvalue weighted by Gasteiger charge is 2.15. The molecule has 2 N–H and O–H groups in total. The number of hydrogen-bond acceptors (Lipinski definition) is 3. The molecular formula is C10H13NO4S. The molecule has 1 aromatic carbocycles. The fourth-order valence-electron chi connectivity index (χ4n) is 1.16. The monoisotopic (exact) mass is 243 g/mol. The van der Waals surface area contributed by atoms with Crippen molar-refractivity contribution in [3.63, 3.8) is 0 Å². The molecule has 16 heavy (non-hydrogen) atoms. The zero-order valence-corrected chi connectivity index (χ0v) is 9.78. The van der Waals surface area contributed by atoms with Gasteiger partial charge in [-0.2, -0.15) is 0 Å². The van der Waals surface area contributed by atoms with Gasteiger partial charge in [-0.05, 0) is 38.1 Å². The number of benzene rings is 1. The van der Waals surface area contributed by atoms with Crippen molar-refractivity contribution >= 4 is 16.0 Å². The number of aromatic carboxylic acids is 1. The maximum Gasteiger partial charge on any atom is 0.335 e. The summed E-state index contributed by atoms with van der Waals surface area (Å²) in [6.07, 6.45) is 0. The van der Waals surface area contributed by atoms with Crippen LogP contribution in [0.1, 0.15) is 24.2 Å². The topological polar surface area (TPSA) is 83.5 Å². The largest absolute Gasteiger partial charge is 0.478 e. The molecule has 0 amide bonds. The van der Waals surface area contributed by atoms with E-state index in [1.165, 1.54) is 24.3 Å². The molecule has 0 aromatic heterocycles. The molecule has 1 aromatic rings. The molecule has 88 valence electrons. The number of carboxylic acids is 1. The van der Waals surface area contributed by atoms with Crippen molar-refractivity contribution in [3.8, 4) is 0 Å². The van der Waals surface area contributed by atoms with Crippen LogP contribution in [-0.2, 0) is 10.0 Å². The van der Waals surface area contributed by atoms with Crippen molar-refractivity contribution in [3.05, 3.63) is 29.8 Å². The number of carbonyl (C=O) groups is 1. The van der Waals surface area contributed by atoms with Gasteiger partial charge < -0.3 is 5.11 Å². The average Bonchev–Trinajstić information content (AvgIpc) is 2.16. The van der Waals surface area contributed by atoms with Gasteiger partial charge in [0.15, 0.2) is 0 Å². The van der Waals surface area contributed by atoms with Gasteiger partial charge in [-0.1, -0.05) is 0 Å². The van der Waals surface area contributed by atoms with E-state index in [0.29, 0.717) is 0 Å². The van der Waals surface area contributed by atoms with Gasteiger partial charge in [-0.15, -0.1) is 0 Å². The number of carboxylic acid groups (broad SMARTS) is 1. The van der Waals surface area contributed by atoms with E-state index in [9.17, 15) is 13.2 Å². The molecule has 6 heteroatoms. The fourth-order valence-corrected chi connectivity index (χ4v) is 2.41. The molecule has 0 unspecified atom stereocenters. The normalized spacial score (nSPS) is 11.7. The molecule has 0 saturated heterocycles. The van der Waals surface area contributed by atoms with E-state index < -0.39 is 16.0 Å². The van der Waals surface area contributed by atoms with Crippen LogP contribution < -0.4 is 4.72 Å². The average molecular weight is 243 g/mol. The Kier molecular flexibility index (Phi) is 3.66. The maximum atomic E-state index is 11.7. The second-order valence-electron chi connectivity index (χ2n) is 3.61. The van der Waals surface area contributed by atoms with Gasteiger partial charge in [0.2, 0.25) is 10.0 Å². The van der Waals surface area contributed by atoms with Crippen LogP contribution in [0.5, 0.6) is 0 Å². The second kappa shape index (κ2) is 4.63. The lowest BCUT2D eigenvalue weighted by Gasteiger charge is -2.09. The minimum Gasteiger partial charge on any atom is -0.478 e. The number of sulfonamides is 1. The number of hydrogen-bond donors (Lipinski definition) is 2. The van der Waals surface area contributed by atoms with E-state index in [1.807, 2.05) is 0 Å². The lowest BCUT2D eigenvalue weighted by molar-refractivity contribution is 0.0696. The summed E-state index contributed by atoms with van der Waals surface area (Å²) in [5.74, 6) is -1.08. The summed E-state index contributed by atoms with van der Waals surface area (Å²) in [6, 6.07) is 4.86. The van der Waals surface area contributed by atoms with Crippen LogP contribution in [0.2, 0.25) is 0 Å². The molecule has 0 aliphatic carbocycles. The number of rotatable bonds is 4. The first-order valence-corrected chi connectivity index (χ1v) is 6.17. The predicted octanol–water partition coefficient (Wildman–Crippen LogP) is 1.07. The highest BCUT2D eigenvalue weighted by Crippen LogP contribution is 2.10. The van der Waals surface area contributed by atoms with Crippen LogP contribution in [0, 0.1) is 0 Å². The van der Waals surface area contributed by atoms with Crippen LogP contribution in [0.15, 0.2) is 29.2 Å². The summed E-state index contributed by atoms with van der Waals surface area (Å²) in [6.45, 7) is 3.42. The summed E-state index contributed by atoms with van der Waals surface area (Å²) in [5.41, 5.74) is 0.0588. The van der Waals surface area contributed by atoms with E-state index in [1.54, 1.807) is 13.8 Å². The van der Waals surface area contributed by atoms with Crippen molar-refractivity contribution < 1.29 is 18.3 Å². The third kappa shape index (κ3) is 3.04. The molecule has 0 atom stereocenters. The third-order valence-corrected chi connectivity index (χ3v) is 3.48. The van der Waals surface area contributed by atoms with Crippen LogP contribution in [0.3, 0.4) is 0 Å². The lowest BCUT2D eigenvalue weighted by Crippen LogP contribution is -2.30. The quantitative estimate of drug-likeness (QED) is 0.828. The Morgan fingerprint density at radius 3 is 2.12 bits per heavy atom. The Morgan fingerprint density at radius 2 is 1.75 bits per heavy atom. The highest BCUT2D eigenvalue weighted by molar-refractivity contribution is 7.89. The molecule has 0 heterocycles. The zero-order chi connectivity index (χ0) is 12.3. The molecule has 0 aliphatic heterocycles. The van der Waals surface area contributed by atoms with Gasteiger partial charge in [0.1, 0.15) is 0 Å². The molecule has 0 spiro atoms. The Morgan fingerprint density at radius 1 is 1.25 bits per heavy atom. The Bertz CT molecular complexity index is 476. The Labute approximate surface area is 94.2 Å². The summed E-state index contributed by atoms with van der Waals surface area (Å²) in [7, 11) is -3.54. The van der Waals surface area contributed by atoms with Gasteiger partial charge in [0.05, 0.1) is 10.5 Å². The van der Waals surface area contributed by atoms with Crippen molar-refractivity contribution in [2.75, 3.05) is 0 Å². The highest BCUT2D eigenvalue weighted by atomic mass is 32.2. The maximum absolute atomic E-state index is 11.7. The molecule has 0 radical (unpaired) electrons. The predicted molar refractivity (Wildman–Crippen MR) is 58.9 cm³/mol. The van der Waals surface area contributed by atoms with Crippen LogP contribution in [0.4, 0.5) is 0 Å². The van der Waals surface area contributed by atoms with Crippen LogP contribution >= 0.6 is 0 Å². The molecule has 0 bridgehead atoms. The van der Waals surface area contributed by atoms with E-state index >= 15 is 0 Å². The minimum atomic E-state index is -3.54. The van der Waals surface area contributed by atoms with E-state index in [0.717, 1.165) is 0 Å².